The summed E-state index contributed by atoms with van der Waals surface area (Å²) in [6.45, 7) is 1.93. The summed E-state index contributed by atoms with van der Waals surface area (Å²) < 4.78 is 14.2. The van der Waals surface area contributed by atoms with Gasteiger partial charge in [0.2, 0.25) is 0 Å². The average Bonchev–Trinajstić information content (AvgIpc) is 2.58. The maximum absolute atomic E-state index is 12.7. The predicted molar refractivity (Wildman–Crippen MR) is 62.1 cm³/mol. The highest BCUT2D eigenvalue weighted by atomic mass is 19.1. The van der Waals surface area contributed by atoms with Crippen LogP contribution < -0.4 is 5.73 Å². The van der Waals surface area contributed by atoms with E-state index < -0.39 is 0 Å². The minimum atomic E-state index is -0.360. The molecule has 0 unspecified atom stereocenters. The van der Waals surface area contributed by atoms with Gasteiger partial charge in [-0.25, -0.2) is 4.39 Å². The van der Waals surface area contributed by atoms with E-state index in [1.807, 2.05) is 6.92 Å². The lowest BCUT2D eigenvalue weighted by molar-refractivity contribution is 0.0967. The molecule has 0 amide bonds. The quantitative estimate of drug-likeness (QED) is 0.822. The molecule has 4 nitrogen and oxygen atoms in total. The maximum Gasteiger partial charge on any atom is 0.184 e. The number of Topliss-reactive ketones (excluding diaryl/α,β-unsaturated/α-hetero) is 1. The summed E-state index contributed by atoms with van der Waals surface area (Å²) in [5, 5.41) is 3.99. The van der Waals surface area contributed by atoms with Gasteiger partial charge in [-0.1, -0.05) is 0 Å². The van der Waals surface area contributed by atoms with Gasteiger partial charge in [0, 0.05) is 17.3 Å². The monoisotopic (exact) mass is 233 g/mol. The molecule has 0 spiro atoms. The third-order valence-electron chi connectivity index (χ3n) is 2.46. The molecule has 0 aliphatic carbocycles. The number of anilines is 1. The highest BCUT2D eigenvalue weighted by Gasteiger charge is 2.09. The van der Waals surface area contributed by atoms with Gasteiger partial charge in [-0.15, -0.1) is 0 Å². The van der Waals surface area contributed by atoms with Crippen molar-refractivity contribution >= 4 is 11.6 Å². The molecule has 88 valence electrons. The minimum absolute atomic E-state index is 0.106. The molecule has 2 rings (SSSR count). The summed E-state index contributed by atoms with van der Waals surface area (Å²) in [7, 11) is 0. The number of aryl methyl sites for hydroxylation is 1. The van der Waals surface area contributed by atoms with Gasteiger partial charge in [0.25, 0.3) is 0 Å². The molecule has 0 saturated carbocycles. The van der Waals surface area contributed by atoms with Crippen LogP contribution in [0.3, 0.4) is 0 Å². The minimum Gasteiger partial charge on any atom is -0.382 e. The lowest BCUT2D eigenvalue weighted by atomic mass is 10.1. The fourth-order valence-electron chi connectivity index (χ4n) is 1.56. The lowest BCUT2D eigenvalue weighted by Gasteiger charge is -2.03. The summed E-state index contributed by atoms with van der Waals surface area (Å²) in [4.78, 5) is 11.9. The van der Waals surface area contributed by atoms with Crippen LogP contribution in [0, 0.1) is 12.7 Å². The van der Waals surface area contributed by atoms with Crippen molar-refractivity contribution in [2.45, 2.75) is 13.5 Å². The maximum atomic E-state index is 12.7. The second-order valence-electron chi connectivity index (χ2n) is 3.80. The van der Waals surface area contributed by atoms with Gasteiger partial charge in [0.05, 0.1) is 0 Å². The molecule has 0 radical (unpaired) electrons. The Morgan fingerprint density at radius 3 is 2.59 bits per heavy atom. The first-order valence-corrected chi connectivity index (χ1v) is 5.15. The summed E-state index contributed by atoms with van der Waals surface area (Å²) >= 11 is 0. The fraction of sp³-hybridized carbons (Fsp3) is 0.167. The predicted octanol–water partition coefficient (Wildman–Crippen LogP) is 1.80. The Labute approximate surface area is 97.9 Å². The number of hydrogen-bond donors (Lipinski definition) is 1. The van der Waals surface area contributed by atoms with Crippen molar-refractivity contribution in [2.24, 2.45) is 0 Å². The Balaban J connectivity index is 2.17. The van der Waals surface area contributed by atoms with E-state index in [-0.39, 0.29) is 18.1 Å². The zero-order chi connectivity index (χ0) is 12.4. The zero-order valence-electron chi connectivity index (χ0n) is 9.35. The molecule has 0 saturated heterocycles. The van der Waals surface area contributed by atoms with Crippen LogP contribution in [0.15, 0.2) is 30.3 Å². The van der Waals surface area contributed by atoms with Crippen LogP contribution in [-0.2, 0) is 6.54 Å². The molecule has 2 N–H and O–H groups in total. The Morgan fingerprint density at radius 2 is 2.06 bits per heavy atom. The number of nitrogen functional groups attached to an aromatic ring is 1. The van der Waals surface area contributed by atoms with E-state index >= 15 is 0 Å². The third-order valence-corrected chi connectivity index (χ3v) is 2.46. The number of nitrogens with zero attached hydrogens (tertiary/aromatic N) is 2. The number of aromatic nitrogens is 2. The van der Waals surface area contributed by atoms with Crippen molar-refractivity contribution in [2.75, 3.05) is 5.73 Å². The average molecular weight is 233 g/mol. The zero-order valence-corrected chi connectivity index (χ0v) is 9.35. The molecule has 1 aromatic carbocycles. The van der Waals surface area contributed by atoms with Crippen LogP contribution in [0.25, 0.3) is 0 Å². The van der Waals surface area contributed by atoms with Crippen LogP contribution in [0.5, 0.6) is 0 Å². The molecule has 0 atom stereocenters. The highest BCUT2D eigenvalue weighted by molar-refractivity contribution is 5.95. The standard InChI is InChI=1S/C12H12FN3O/c1-8-6-12(14)15-16(8)7-11(17)9-2-4-10(13)5-3-9/h2-6H,7H2,1H3,(H2,14,15). The number of ketones is 1. The van der Waals surface area contributed by atoms with E-state index in [0.717, 1.165) is 5.69 Å². The van der Waals surface area contributed by atoms with Crippen LogP contribution in [0.4, 0.5) is 10.2 Å². The number of carbonyl (C=O) groups is 1. The van der Waals surface area contributed by atoms with Gasteiger partial charge in [0.1, 0.15) is 18.2 Å². The number of rotatable bonds is 3. The lowest BCUT2D eigenvalue weighted by Crippen LogP contribution is -2.13. The van der Waals surface area contributed by atoms with Crippen LogP contribution in [-0.4, -0.2) is 15.6 Å². The normalized spacial score (nSPS) is 10.5. The van der Waals surface area contributed by atoms with E-state index in [0.29, 0.717) is 11.4 Å². The highest BCUT2D eigenvalue weighted by Crippen LogP contribution is 2.08. The molecular weight excluding hydrogens is 221 g/mol. The summed E-state index contributed by atoms with van der Waals surface area (Å²) in [5.74, 6) is -0.105. The topological polar surface area (TPSA) is 60.9 Å². The molecule has 0 fully saturated rings. The summed E-state index contributed by atoms with van der Waals surface area (Å²) in [6.07, 6.45) is 0. The van der Waals surface area contributed by atoms with Crippen molar-refractivity contribution in [3.63, 3.8) is 0 Å². The number of hydrogen-bond acceptors (Lipinski definition) is 3. The largest absolute Gasteiger partial charge is 0.382 e. The molecule has 1 aromatic heterocycles. The molecule has 0 aliphatic rings. The second-order valence-corrected chi connectivity index (χ2v) is 3.80. The number of halogens is 1. The first-order valence-electron chi connectivity index (χ1n) is 5.15. The summed E-state index contributed by atoms with van der Waals surface area (Å²) in [5.41, 5.74) is 6.80. The Hall–Kier alpha value is -2.17. The van der Waals surface area contributed by atoms with Crippen molar-refractivity contribution in [3.05, 3.63) is 47.4 Å². The SMILES string of the molecule is Cc1cc(N)nn1CC(=O)c1ccc(F)cc1. The fourth-order valence-corrected chi connectivity index (χ4v) is 1.56. The first-order chi connectivity index (χ1) is 8.06. The molecule has 17 heavy (non-hydrogen) atoms. The smallest absolute Gasteiger partial charge is 0.184 e. The van der Waals surface area contributed by atoms with E-state index in [1.54, 1.807) is 6.07 Å². The van der Waals surface area contributed by atoms with E-state index in [2.05, 4.69) is 5.10 Å². The van der Waals surface area contributed by atoms with Crippen LogP contribution >= 0.6 is 0 Å². The Morgan fingerprint density at radius 1 is 1.41 bits per heavy atom. The molecular formula is C12H12FN3O. The van der Waals surface area contributed by atoms with Gasteiger partial charge in [-0.05, 0) is 31.2 Å². The number of benzene rings is 1. The van der Waals surface area contributed by atoms with Crippen LogP contribution in [0.1, 0.15) is 16.1 Å². The number of nitrogens with two attached hydrogens (primary N) is 1. The summed E-state index contributed by atoms with van der Waals surface area (Å²) in [6, 6.07) is 7.13. The number of carbonyl (C=O) groups excluding carboxylic acids is 1. The Bertz CT molecular complexity index is 545. The van der Waals surface area contributed by atoms with Crippen molar-refractivity contribution in [1.29, 1.82) is 0 Å². The van der Waals surface area contributed by atoms with Crippen molar-refractivity contribution in [3.8, 4) is 0 Å². The van der Waals surface area contributed by atoms with Gasteiger partial charge < -0.3 is 5.73 Å². The molecule has 1 heterocycles. The second kappa shape index (κ2) is 4.37. The Kier molecular flexibility index (Phi) is 2.91. The molecule has 0 bridgehead atoms. The van der Waals surface area contributed by atoms with Gasteiger partial charge in [-0.3, -0.25) is 9.48 Å². The third kappa shape index (κ3) is 2.50. The van der Waals surface area contributed by atoms with Crippen LogP contribution in [0.2, 0.25) is 0 Å². The molecule has 5 heteroatoms. The molecule has 0 aliphatic heterocycles. The first kappa shape index (κ1) is 11.3. The van der Waals surface area contributed by atoms with E-state index in [1.165, 1.54) is 28.9 Å². The van der Waals surface area contributed by atoms with Gasteiger partial charge >= 0.3 is 0 Å². The van der Waals surface area contributed by atoms with Gasteiger partial charge in [0.15, 0.2) is 5.78 Å². The molecule has 2 aromatic rings. The van der Waals surface area contributed by atoms with E-state index in [9.17, 15) is 9.18 Å². The van der Waals surface area contributed by atoms with Crippen molar-refractivity contribution < 1.29 is 9.18 Å². The van der Waals surface area contributed by atoms with Crippen molar-refractivity contribution in [1.82, 2.24) is 9.78 Å². The van der Waals surface area contributed by atoms with E-state index in [4.69, 9.17) is 5.73 Å². The van der Waals surface area contributed by atoms with Gasteiger partial charge in [-0.2, -0.15) is 5.10 Å².